The molecule has 1 unspecified atom stereocenters. The number of benzene rings is 2. The number of nitriles is 1. The van der Waals surface area contributed by atoms with Crippen molar-refractivity contribution < 1.29 is 9.18 Å². The smallest absolute Gasteiger partial charge is 0.184 e. The number of ketones is 1. The molecule has 20 heavy (non-hydrogen) atoms. The van der Waals surface area contributed by atoms with Crippen molar-refractivity contribution >= 4 is 21.7 Å². The Kier molecular flexibility index (Phi) is 4.31. The normalized spacial score (nSPS) is 11.7. The first-order valence-electron chi connectivity index (χ1n) is 5.98. The van der Waals surface area contributed by atoms with Crippen LogP contribution in [0.15, 0.2) is 46.9 Å². The van der Waals surface area contributed by atoms with Crippen LogP contribution in [0, 0.1) is 24.1 Å². The first-order valence-corrected chi connectivity index (χ1v) is 6.77. The van der Waals surface area contributed by atoms with E-state index in [1.54, 1.807) is 12.1 Å². The molecule has 4 heteroatoms. The number of hydrogen-bond acceptors (Lipinski definition) is 2. The summed E-state index contributed by atoms with van der Waals surface area (Å²) in [4.78, 5) is 12.3. The molecule has 1 atom stereocenters. The molecule has 2 nitrogen and oxygen atoms in total. The van der Waals surface area contributed by atoms with Crippen LogP contribution < -0.4 is 0 Å². The van der Waals surface area contributed by atoms with E-state index in [1.165, 1.54) is 12.1 Å². The zero-order valence-corrected chi connectivity index (χ0v) is 12.3. The average molecular weight is 332 g/mol. The molecule has 0 saturated carbocycles. The van der Waals surface area contributed by atoms with E-state index < -0.39 is 17.5 Å². The first kappa shape index (κ1) is 14.4. The van der Waals surface area contributed by atoms with E-state index >= 15 is 0 Å². The predicted octanol–water partition coefficient (Wildman–Crippen LogP) is 4.39. The van der Waals surface area contributed by atoms with Crippen molar-refractivity contribution in [1.82, 2.24) is 0 Å². The minimum atomic E-state index is -0.920. The standard InChI is InChI=1S/C16H11BrFNO/c1-10-2-4-11(5-3-10)13(9-19)16(20)12-6-7-14(17)15(18)8-12/h2-8,13H,1H3. The van der Waals surface area contributed by atoms with Crippen LogP contribution in [0.4, 0.5) is 4.39 Å². The molecule has 2 rings (SSSR count). The van der Waals surface area contributed by atoms with E-state index in [9.17, 15) is 14.4 Å². The van der Waals surface area contributed by atoms with E-state index in [2.05, 4.69) is 15.9 Å². The average Bonchev–Trinajstić information content (AvgIpc) is 2.44. The molecule has 0 aliphatic rings. The number of Topliss-reactive ketones (excluding diaryl/α,β-unsaturated/α-hetero) is 1. The van der Waals surface area contributed by atoms with Crippen molar-refractivity contribution in [3.8, 4) is 6.07 Å². The van der Waals surface area contributed by atoms with E-state index in [0.29, 0.717) is 5.56 Å². The molecule has 0 aromatic heterocycles. The Hall–Kier alpha value is -1.99. The lowest BCUT2D eigenvalue weighted by Crippen LogP contribution is -2.11. The van der Waals surface area contributed by atoms with Gasteiger partial charge < -0.3 is 0 Å². The van der Waals surface area contributed by atoms with Gasteiger partial charge in [0.2, 0.25) is 0 Å². The number of carbonyl (C=O) groups excluding carboxylic acids is 1. The van der Waals surface area contributed by atoms with E-state index in [1.807, 2.05) is 25.1 Å². The molecule has 0 radical (unpaired) electrons. The molecule has 0 aliphatic heterocycles. The largest absolute Gasteiger partial charge is 0.292 e. The van der Waals surface area contributed by atoms with Gasteiger partial charge in [0.25, 0.3) is 0 Å². The second-order valence-corrected chi connectivity index (χ2v) is 5.32. The highest BCUT2D eigenvalue weighted by molar-refractivity contribution is 9.10. The number of nitrogens with zero attached hydrogens (tertiary/aromatic N) is 1. The number of aryl methyl sites for hydroxylation is 1. The summed E-state index contributed by atoms with van der Waals surface area (Å²) < 4.78 is 13.8. The van der Waals surface area contributed by atoms with Gasteiger partial charge in [-0.25, -0.2) is 4.39 Å². The van der Waals surface area contributed by atoms with Crippen LogP contribution in [0.3, 0.4) is 0 Å². The van der Waals surface area contributed by atoms with Gasteiger partial charge in [-0.3, -0.25) is 4.79 Å². The summed E-state index contributed by atoms with van der Waals surface area (Å²) in [7, 11) is 0. The van der Waals surface area contributed by atoms with Gasteiger partial charge in [0.1, 0.15) is 11.7 Å². The summed E-state index contributed by atoms with van der Waals surface area (Å²) in [6.45, 7) is 1.93. The summed E-state index contributed by atoms with van der Waals surface area (Å²) >= 11 is 3.03. The van der Waals surface area contributed by atoms with Crippen molar-refractivity contribution in [2.24, 2.45) is 0 Å². The van der Waals surface area contributed by atoms with Gasteiger partial charge in [0.15, 0.2) is 5.78 Å². The first-order chi connectivity index (χ1) is 9.52. The van der Waals surface area contributed by atoms with Crippen molar-refractivity contribution in [2.75, 3.05) is 0 Å². The summed E-state index contributed by atoms with van der Waals surface area (Å²) in [6.07, 6.45) is 0. The van der Waals surface area contributed by atoms with Crippen LogP contribution in [0.25, 0.3) is 0 Å². The van der Waals surface area contributed by atoms with Crippen LogP contribution in [0.5, 0.6) is 0 Å². The molecule has 100 valence electrons. The molecule has 0 saturated heterocycles. The maximum Gasteiger partial charge on any atom is 0.184 e. The number of halogens is 2. The van der Waals surface area contributed by atoms with Crippen LogP contribution >= 0.6 is 15.9 Å². The Balaban J connectivity index is 2.36. The van der Waals surface area contributed by atoms with Crippen LogP contribution in [0.2, 0.25) is 0 Å². The molecule has 0 aliphatic carbocycles. The lowest BCUT2D eigenvalue weighted by molar-refractivity contribution is 0.0978. The second kappa shape index (κ2) is 5.98. The molecule has 2 aromatic rings. The Morgan fingerprint density at radius 2 is 1.90 bits per heavy atom. The van der Waals surface area contributed by atoms with Gasteiger partial charge in [-0.1, -0.05) is 35.9 Å². The summed E-state index contributed by atoms with van der Waals surface area (Å²) in [5, 5.41) is 9.23. The Labute approximate surface area is 125 Å². The number of rotatable bonds is 3. The summed E-state index contributed by atoms with van der Waals surface area (Å²) in [5.41, 5.74) is 1.86. The van der Waals surface area contributed by atoms with Gasteiger partial charge in [-0.05, 0) is 40.5 Å². The number of carbonyl (C=O) groups is 1. The zero-order valence-electron chi connectivity index (χ0n) is 10.7. The predicted molar refractivity (Wildman–Crippen MR) is 78.0 cm³/mol. The van der Waals surface area contributed by atoms with E-state index in [4.69, 9.17) is 0 Å². The highest BCUT2D eigenvalue weighted by atomic mass is 79.9. The molecule has 0 spiro atoms. The van der Waals surface area contributed by atoms with Gasteiger partial charge in [-0.2, -0.15) is 5.26 Å². The maximum atomic E-state index is 13.5. The lowest BCUT2D eigenvalue weighted by atomic mass is 9.91. The lowest BCUT2D eigenvalue weighted by Gasteiger charge is -2.09. The number of hydrogen-bond donors (Lipinski definition) is 0. The Morgan fingerprint density at radius 1 is 1.25 bits per heavy atom. The van der Waals surface area contributed by atoms with E-state index in [0.717, 1.165) is 11.6 Å². The van der Waals surface area contributed by atoms with Gasteiger partial charge in [0.05, 0.1) is 10.5 Å². The van der Waals surface area contributed by atoms with Gasteiger partial charge in [0, 0.05) is 5.56 Å². The molecule has 0 heterocycles. The highest BCUT2D eigenvalue weighted by Gasteiger charge is 2.22. The molecular formula is C16H11BrFNO. The molecule has 0 N–H and O–H groups in total. The highest BCUT2D eigenvalue weighted by Crippen LogP contribution is 2.23. The van der Waals surface area contributed by atoms with Crippen molar-refractivity contribution in [1.29, 1.82) is 5.26 Å². The minimum absolute atomic E-state index is 0.192. The second-order valence-electron chi connectivity index (χ2n) is 4.47. The van der Waals surface area contributed by atoms with Crippen molar-refractivity contribution in [3.63, 3.8) is 0 Å². The zero-order chi connectivity index (χ0) is 14.7. The Morgan fingerprint density at radius 3 is 2.45 bits per heavy atom. The van der Waals surface area contributed by atoms with Gasteiger partial charge in [-0.15, -0.1) is 0 Å². The maximum absolute atomic E-state index is 13.5. The van der Waals surface area contributed by atoms with Crippen molar-refractivity contribution in [2.45, 2.75) is 12.8 Å². The monoisotopic (exact) mass is 331 g/mol. The van der Waals surface area contributed by atoms with Crippen LogP contribution in [-0.2, 0) is 0 Å². The molecular weight excluding hydrogens is 321 g/mol. The fourth-order valence-corrected chi connectivity index (χ4v) is 2.11. The van der Waals surface area contributed by atoms with E-state index in [-0.39, 0.29) is 10.0 Å². The topological polar surface area (TPSA) is 40.9 Å². The third-order valence-corrected chi connectivity index (χ3v) is 3.65. The quantitative estimate of drug-likeness (QED) is 0.783. The Bertz CT molecular complexity index is 689. The molecule has 0 fully saturated rings. The minimum Gasteiger partial charge on any atom is -0.292 e. The summed E-state index contributed by atoms with van der Waals surface area (Å²) in [5.74, 6) is -1.84. The summed E-state index contributed by atoms with van der Waals surface area (Å²) in [6, 6.07) is 13.3. The molecule has 0 amide bonds. The van der Waals surface area contributed by atoms with Gasteiger partial charge >= 0.3 is 0 Å². The fourth-order valence-electron chi connectivity index (χ4n) is 1.86. The van der Waals surface area contributed by atoms with Crippen LogP contribution in [0.1, 0.15) is 27.4 Å². The molecule has 2 aromatic carbocycles. The third-order valence-electron chi connectivity index (χ3n) is 3.01. The molecule has 0 bridgehead atoms. The van der Waals surface area contributed by atoms with Crippen molar-refractivity contribution in [3.05, 3.63) is 69.4 Å². The fraction of sp³-hybridized carbons (Fsp3) is 0.125. The van der Waals surface area contributed by atoms with Crippen LogP contribution in [-0.4, -0.2) is 5.78 Å². The SMILES string of the molecule is Cc1ccc(C(C#N)C(=O)c2ccc(Br)c(F)c2)cc1. The third kappa shape index (κ3) is 2.94.